The third-order valence-corrected chi connectivity index (χ3v) is 1.77. The molecule has 0 aromatic carbocycles. The van der Waals surface area contributed by atoms with Crippen LogP contribution < -0.4 is 5.32 Å². The summed E-state index contributed by atoms with van der Waals surface area (Å²) in [4.78, 5) is 0. The predicted octanol–water partition coefficient (Wildman–Crippen LogP) is 2.13. The molecule has 1 saturated heterocycles. The van der Waals surface area contributed by atoms with E-state index in [1.54, 1.807) is 20.8 Å². The van der Waals surface area contributed by atoms with E-state index in [0.717, 1.165) is 0 Å². The highest BCUT2D eigenvalue weighted by molar-refractivity contribution is 5.85. The molecule has 0 amide bonds. The number of hydrogen-bond donors (Lipinski definition) is 1. The molecule has 0 aliphatic carbocycles. The monoisotopic (exact) mass is 233 g/mol. The van der Waals surface area contributed by atoms with E-state index in [-0.39, 0.29) is 19.0 Å². The second-order valence-electron chi connectivity index (χ2n) is 4.20. The van der Waals surface area contributed by atoms with Crippen molar-refractivity contribution in [1.29, 1.82) is 0 Å². The number of alkyl halides is 3. The van der Waals surface area contributed by atoms with E-state index in [4.69, 9.17) is 4.74 Å². The fraction of sp³-hybridized carbons (Fsp3) is 1.00. The number of hydrogen-bond acceptors (Lipinski definition) is 2. The van der Waals surface area contributed by atoms with E-state index in [1.165, 1.54) is 0 Å². The van der Waals surface area contributed by atoms with Crippen LogP contribution >= 0.6 is 12.4 Å². The quantitative estimate of drug-likeness (QED) is 0.749. The highest BCUT2D eigenvalue weighted by atomic mass is 35.5. The molecule has 0 unspecified atom stereocenters. The summed E-state index contributed by atoms with van der Waals surface area (Å²) >= 11 is 0. The fourth-order valence-corrected chi connectivity index (χ4v) is 1.22. The number of halogens is 4. The first-order chi connectivity index (χ1) is 5.70. The lowest BCUT2D eigenvalue weighted by atomic mass is 10.0. The summed E-state index contributed by atoms with van der Waals surface area (Å²) in [5.74, 6) is 0. The molecule has 1 rings (SSSR count). The third-order valence-electron chi connectivity index (χ3n) is 1.77. The van der Waals surface area contributed by atoms with Crippen LogP contribution in [0.2, 0.25) is 0 Å². The molecule has 14 heavy (non-hydrogen) atoms. The van der Waals surface area contributed by atoms with Gasteiger partial charge in [0, 0.05) is 6.54 Å². The van der Waals surface area contributed by atoms with Gasteiger partial charge in [-0.15, -0.1) is 12.4 Å². The lowest BCUT2D eigenvalue weighted by molar-refractivity contribution is -0.224. The normalized spacial score (nSPS) is 27.9. The lowest BCUT2D eigenvalue weighted by Gasteiger charge is -2.42. The Balaban J connectivity index is 0.00000169. The Morgan fingerprint density at radius 1 is 1.21 bits per heavy atom. The summed E-state index contributed by atoms with van der Waals surface area (Å²) in [7, 11) is 0. The summed E-state index contributed by atoms with van der Waals surface area (Å²) in [6.45, 7) is 5.53. The zero-order chi connectivity index (χ0) is 10.3. The molecule has 2 atom stereocenters. The van der Waals surface area contributed by atoms with Crippen LogP contribution in [-0.4, -0.2) is 30.5 Å². The Morgan fingerprint density at radius 3 is 1.93 bits per heavy atom. The van der Waals surface area contributed by atoms with E-state index in [1.807, 2.05) is 0 Å². The number of rotatable bonds is 1. The number of nitrogens with one attached hydrogen (secondary N) is 1. The molecule has 1 fully saturated rings. The van der Waals surface area contributed by atoms with Crippen molar-refractivity contribution in [2.75, 3.05) is 6.54 Å². The third kappa shape index (κ3) is 3.63. The standard InChI is InChI=1S/C8H14F3NO.ClH/c1-7(2,3)13-5-4-12-6(5)8(9,10)11;/h5-6,12H,4H2,1-3H3;1H/t5-,6+;/m1./s1. The van der Waals surface area contributed by atoms with Crippen molar-refractivity contribution in [1.82, 2.24) is 5.32 Å². The Bertz CT molecular complexity index is 190. The van der Waals surface area contributed by atoms with Crippen LogP contribution in [0.25, 0.3) is 0 Å². The van der Waals surface area contributed by atoms with Gasteiger partial charge in [0.1, 0.15) is 6.04 Å². The molecule has 0 spiro atoms. The Hall–Kier alpha value is -0.0000000000000000555. The van der Waals surface area contributed by atoms with Crippen LogP contribution in [0.1, 0.15) is 20.8 Å². The van der Waals surface area contributed by atoms with Crippen molar-refractivity contribution in [3.8, 4) is 0 Å². The van der Waals surface area contributed by atoms with Crippen LogP contribution in [-0.2, 0) is 4.74 Å². The highest BCUT2D eigenvalue weighted by Crippen LogP contribution is 2.30. The zero-order valence-electron chi connectivity index (χ0n) is 8.31. The molecular formula is C8H15ClF3NO. The van der Waals surface area contributed by atoms with Crippen molar-refractivity contribution >= 4 is 12.4 Å². The molecule has 0 bridgehead atoms. The Kier molecular flexibility index (Phi) is 4.24. The summed E-state index contributed by atoms with van der Waals surface area (Å²) in [6, 6.07) is -1.49. The molecule has 0 aromatic heterocycles. The van der Waals surface area contributed by atoms with E-state index >= 15 is 0 Å². The summed E-state index contributed by atoms with van der Waals surface area (Å²) in [5.41, 5.74) is -0.518. The number of ether oxygens (including phenoxy) is 1. The van der Waals surface area contributed by atoms with Crippen LogP contribution in [0.5, 0.6) is 0 Å². The Labute approximate surface area is 87.6 Å². The van der Waals surface area contributed by atoms with Gasteiger partial charge in [-0.1, -0.05) is 0 Å². The maximum atomic E-state index is 12.2. The van der Waals surface area contributed by atoms with Gasteiger partial charge in [-0.05, 0) is 20.8 Å². The van der Waals surface area contributed by atoms with Crippen molar-refractivity contribution < 1.29 is 17.9 Å². The lowest BCUT2D eigenvalue weighted by Crippen LogP contribution is -2.66. The van der Waals surface area contributed by atoms with E-state index in [2.05, 4.69) is 5.32 Å². The first kappa shape index (κ1) is 14.0. The molecule has 1 N–H and O–H groups in total. The van der Waals surface area contributed by atoms with Crippen molar-refractivity contribution in [3.63, 3.8) is 0 Å². The smallest absolute Gasteiger partial charge is 0.369 e. The van der Waals surface area contributed by atoms with Gasteiger partial charge in [-0.2, -0.15) is 13.2 Å². The van der Waals surface area contributed by atoms with Gasteiger partial charge in [0.25, 0.3) is 0 Å². The minimum Gasteiger partial charge on any atom is -0.369 e. The summed E-state index contributed by atoms with van der Waals surface area (Å²) in [5, 5.41) is 2.31. The van der Waals surface area contributed by atoms with Gasteiger partial charge in [-0.25, -0.2) is 0 Å². The Morgan fingerprint density at radius 2 is 1.71 bits per heavy atom. The molecule has 86 valence electrons. The summed E-state index contributed by atoms with van der Waals surface area (Å²) in [6.07, 6.45) is -4.94. The van der Waals surface area contributed by atoms with Crippen LogP contribution in [0, 0.1) is 0 Å². The largest absolute Gasteiger partial charge is 0.406 e. The van der Waals surface area contributed by atoms with Gasteiger partial charge in [0.05, 0.1) is 11.7 Å². The van der Waals surface area contributed by atoms with E-state index < -0.39 is 23.9 Å². The minimum absolute atomic E-state index is 0. The van der Waals surface area contributed by atoms with Crippen molar-refractivity contribution in [2.45, 2.75) is 44.7 Å². The van der Waals surface area contributed by atoms with Crippen LogP contribution in [0.4, 0.5) is 13.2 Å². The molecule has 1 aliphatic heterocycles. The highest BCUT2D eigenvalue weighted by Gasteiger charge is 2.51. The van der Waals surface area contributed by atoms with E-state index in [9.17, 15) is 13.2 Å². The second-order valence-corrected chi connectivity index (χ2v) is 4.20. The first-order valence-electron chi connectivity index (χ1n) is 4.18. The van der Waals surface area contributed by atoms with Gasteiger partial charge in [-0.3, -0.25) is 0 Å². The average molecular weight is 234 g/mol. The van der Waals surface area contributed by atoms with Gasteiger partial charge in [0.15, 0.2) is 0 Å². The molecule has 1 heterocycles. The van der Waals surface area contributed by atoms with Crippen molar-refractivity contribution in [2.24, 2.45) is 0 Å². The molecule has 0 radical (unpaired) electrons. The average Bonchev–Trinajstić information content (AvgIpc) is 1.73. The maximum absolute atomic E-state index is 12.2. The molecule has 0 saturated carbocycles. The predicted molar refractivity (Wildman–Crippen MR) is 49.7 cm³/mol. The van der Waals surface area contributed by atoms with Gasteiger partial charge >= 0.3 is 6.18 Å². The van der Waals surface area contributed by atoms with E-state index in [0.29, 0.717) is 0 Å². The summed E-state index contributed by atoms with van der Waals surface area (Å²) < 4.78 is 41.8. The SMILES string of the molecule is CC(C)(C)O[C@@H]1CN[C@@H]1C(F)(F)F.Cl. The fourth-order valence-electron chi connectivity index (χ4n) is 1.22. The zero-order valence-corrected chi connectivity index (χ0v) is 9.13. The molecule has 6 heteroatoms. The van der Waals surface area contributed by atoms with Crippen LogP contribution in [0.15, 0.2) is 0 Å². The molecular weight excluding hydrogens is 219 g/mol. The van der Waals surface area contributed by atoms with Gasteiger partial charge in [0.2, 0.25) is 0 Å². The molecule has 1 aliphatic rings. The van der Waals surface area contributed by atoms with Crippen molar-refractivity contribution in [3.05, 3.63) is 0 Å². The van der Waals surface area contributed by atoms with Crippen LogP contribution in [0.3, 0.4) is 0 Å². The second kappa shape index (κ2) is 4.24. The van der Waals surface area contributed by atoms with Gasteiger partial charge < -0.3 is 10.1 Å². The first-order valence-corrected chi connectivity index (χ1v) is 4.18. The maximum Gasteiger partial charge on any atom is 0.406 e. The molecule has 2 nitrogen and oxygen atoms in total. The topological polar surface area (TPSA) is 21.3 Å². The molecule has 0 aromatic rings. The minimum atomic E-state index is -4.20.